The molecule has 1 unspecified atom stereocenters. The molecule has 4 aromatic rings. The summed E-state index contributed by atoms with van der Waals surface area (Å²) in [6, 6.07) is 25.8. The first-order chi connectivity index (χ1) is 15.2. The van der Waals surface area contributed by atoms with Crippen LogP contribution in [-0.4, -0.2) is 22.6 Å². The van der Waals surface area contributed by atoms with E-state index in [1.165, 1.54) is 0 Å². The van der Waals surface area contributed by atoms with Crippen LogP contribution in [0.25, 0.3) is 11.3 Å². The second-order valence-electron chi connectivity index (χ2n) is 7.23. The van der Waals surface area contributed by atoms with Crippen molar-refractivity contribution in [3.8, 4) is 11.3 Å². The molecular weight excluding hydrogens is 454 g/mol. The summed E-state index contributed by atoms with van der Waals surface area (Å²) in [5.41, 5.74) is 4.56. The molecule has 2 heterocycles. The fourth-order valence-corrected chi connectivity index (χ4v) is 3.87. The lowest BCUT2D eigenvalue weighted by Gasteiger charge is -2.12. The zero-order chi connectivity index (χ0) is 21.2. The smallest absolute Gasteiger partial charge is 0.297 e. The van der Waals surface area contributed by atoms with Gasteiger partial charge in [-0.2, -0.15) is 0 Å². The van der Waals surface area contributed by atoms with E-state index in [9.17, 15) is 4.79 Å². The number of anilines is 1. The molecule has 3 aromatic carbocycles. The van der Waals surface area contributed by atoms with Gasteiger partial charge in [0.25, 0.3) is 6.01 Å². The number of fused-ring (bicyclic) bond motifs is 1. The van der Waals surface area contributed by atoms with Gasteiger partial charge in [-0.15, -0.1) is 0 Å². The van der Waals surface area contributed by atoms with Crippen molar-refractivity contribution >= 4 is 33.4 Å². The molecule has 31 heavy (non-hydrogen) atoms. The summed E-state index contributed by atoms with van der Waals surface area (Å²) in [4.78, 5) is 22.1. The molecule has 0 saturated heterocycles. The quantitative estimate of drug-likeness (QED) is 0.426. The van der Waals surface area contributed by atoms with Crippen molar-refractivity contribution in [2.24, 2.45) is 4.99 Å². The Hall–Kier alpha value is -3.51. The van der Waals surface area contributed by atoms with Crippen molar-refractivity contribution < 1.29 is 9.21 Å². The van der Waals surface area contributed by atoms with Crippen LogP contribution in [0.1, 0.15) is 16.7 Å². The molecule has 0 radical (unpaired) electrons. The van der Waals surface area contributed by atoms with Crippen molar-refractivity contribution in [1.82, 2.24) is 4.98 Å². The normalized spacial score (nSPS) is 15.7. The SMILES string of the molecule is O=C1Cc2ccccc2C(c2ccccc2)=NC1Nc1ncc(-c2ccc(Br)cc2)o1. The van der Waals surface area contributed by atoms with E-state index in [-0.39, 0.29) is 18.2 Å². The lowest BCUT2D eigenvalue weighted by atomic mass is 9.96. The number of rotatable bonds is 4. The number of Topliss-reactive ketones (excluding diaryl/α,β-unsaturated/α-hetero) is 1. The molecule has 1 aliphatic heterocycles. The monoisotopic (exact) mass is 471 g/mol. The molecule has 152 valence electrons. The van der Waals surface area contributed by atoms with Crippen molar-refractivity contribution in [2.75, 3.05) is 5.32 Å². The van der Waals surface area contributed by atoms with Crippen LogP contribution in [0.4, 0.5) is 6.01 Å². The second kappa shape index (κ2) is 8.32. The Kier molecular flexibility index (Phi) is 5.22. The van der Waals surface area contributed by atoms with E-state index in [0.717, 1.165) is 32.4 Å². The van der Waals surface area contributed by atoms with Gasteiger partial charge in [-0.1, -0.05) is 82.7 Å². The predicted molar refractivity (Wildman–Crippen MR) is 124 cm³/mol. The zero-order valence-electron chi connectivity index (χ0n) is 16.5. The molecule has 5 rings (SSSR count). The van der Waals surface area contributed by atoms with Gasteiger partial charge in [0.2, 0.25) is 0 Å². The average molecular weight is 472 g/mol. The first-order valence-corrected chi connectivity index (χ1v) is 10.7. The van der Waals surface area contributed by atoms with Crippen molar-refractivity contribution in [3.63, 3.8) is 0 Å². The molecule has 0 spiro atoms. The molecule has 1 aromatic heterocycles. The summed E-state index contributed by atoms with van der Waals surface area (Å²) in [7, 11) is 0. The molecule has 1 atom stereocenters. The van der Waals surface area contributed by atoms with Gasteiger partial charge >= 0.3 is 0 Å². The number of ketones is 1. The van der Waals surface area contributed by atoms with Gasteiger partial charge < -0.3 is 9.73 Å². The molecule has 0 bridgehead atoms. The number of hydrogen-bond donors (Lipinski definition) is 1. The number of aliphatic imine (C=N–C) groups is 1. The molecule has 0 saturated carbocycles. The summed E-state index contributed by atoms with van der Waals surface area (Å²) >= 11 is 3.43. The van der Waals surface area contributed by atoms with Crippen LogP contribution < -0.4 is 5.32 Å². The zero-order valence-corrected chi connectivity index (χ0v) is 18.0. The summed E-state index contributed by atoms with van der Waals surface area (Å²) in [5, 5.41) is 3.08. The summed E-state index contributed by atoms with van der Waals surface area (Å²) in [6.45, 7) is 0. The highest BCUT2D eigenvalue weighted by Crippen LogP contribution is 2.26. The Morgan fingerprint density at radius 3 is 2.45 bits per heavy atom. The summed E-state index contributed by atoms with van der Waals surface area (Å²) in [6.07, 6.45) is 1.14. The number of hydrogen-bond acceptors (Lipinski definition) is 5. The lowest BCUT2D eigenvalue weighted by Crippen LogP contribution is -2.29. The minimum Gasteiger partial charge on any atom is -0.424 e. The third-order valence-corrected chi connectivity index (χ3v) is 5.67. The first-order valence-electron chi connectivity index (χ1n) is 9.90. The number of oxazole rings is 1. The Balaban J connectivity index is 1.49. The molecule has 1 aliphatic rings. The minimum atomic E-state index is -0.793. The highest BCUT2D eigenvalue weighted by molar-refractivity contribution is 9.10. The molecule has 0 amide bonds. The van der Waals surface area contributed by atoms with E-state index in [0.29, 0.717) is 5.76 Å². The molecule has 0 fully saturated rings. The Morgan fingerprint density at radius 2 is 1.65 bits per heavy atom. The third kappa shape index (κ3) is 4.07. The van der Waals surface area contributed by atoms with Gasteiger partial charge in [-0.05, 0) is 17.7 Å². The molecule has 0 aliphatic carbocycles. The fraction of sp³-hybridized carbons (Fsp3) is 0.0800. The van der Waals surface area contributed by atoms with Gasteiger partial charge in [0.05, 0.1) is 11.9 Å². The average Bonchev–Trinajstić information content (AvgIpc) is 3.21. The van der Waals surface area contributed by atoms with Crippen LogP contribution >= 0.6 is 15.9 Å². The maximum Gasteiger partial charge on any atom is 0.297 e. The minimum absolute atomic E-state index is 0.0400. The van der Waals surface area contributed by atoms with Gasteiger partial charge in [0.1, 0.15) is 0 Å². The fourth-order valence-electron chi connectivity index (χ4n) is 3.60. The number of nitrogens with zero attached hydrogens (tertiary/aromatic N) is 2. The van der Waals surface area contributed by atoms with Crippen molar-refractivity contribution in [1.29, 1.82) is 0 Å². The Labute approximate surface area is 188 Å². The molecular formula is C25H18BrN3O2. The number of halogens is 1. The highest BCUT2D eigenvalue weighted by atomic mass is 79.9. The molecule has 5 nitrogen and oxygen atoms in total. The Morgan fingerprint density at radius 1 is 0.903 bits per heavy atom. The van der Waals surface area contributed by atoms with Gasteiger partial charge in [-0.3, -0.25) is 9.79 Å². The summed E-state index contributed by atoms with van der Waals surface area (Å²) < 4.78 is 6.85. The number of carbonyl (C=O) groups excluding carboxylic acids is 1. The van der Waals surface area contributed by atoms with E-state index in [1.54, 1.807) is 6.20 Å². The van der Waals surface area contributed by atoms with Crippen molar-refractivity contribution in [2.45, 2.75) is 12.6 Å². The predicted octanol–water partition coefficient (Wildman–Crippen LogP) is 5.50. The van der Waals surface area contributed by atoms with E-state index >= 15 is 0 Å². The second-order valence-corrected chi connectivity index (χ2v) is 8.14. The van der Waals surface area contributed by atoms with E-state index in [4.69, 9.17) is 9.41 Å². The molecule has 1 N–H and O–H groups in total. The standard InChI is InChI=1S/C25H18BrN3O2/c26-19-12-10-16(11-13-19)22-15-27-25(31-22)29-24-21(30)14-18-8-4-5-9-20(18)23(28-24)17-6-2-1-3-7-17/h1-13,15,24H,14H2,(H,27,29). The third-order valence-electron chi connectivity index (χ3n) is 5.14. The van der Waals surface area contributed by atoms with Crippen molar-refractivity contribution in [3.05, 3.63) is 106 Å². The lowest BCUT2D eigenvalue weighted by molar-refractivity contribution is -0.119. The number of aromatic nitrogens is 1. The number of benzene rings is 3. The van der Waals surface area contributed by atoms with E-state index in [2.05, 4.69) is 26.2 Å². The topological polar surface area (TPSA) is 67.5 Å². The van der Waals surface area contributed by atoms with Crippen LogP contribution in [0, 0.1) is 0 Å². The van der Waals surface area contributed by atoms with Crippen LogP contribution in [-0.2, 0) is 11.2 Å². The number of nitrogens with one attached hydrogen (secondary N) is 1. The van der Waals surface area contributed by atoms with Crippen LogP contribution in [0.3, 0.4) is 0 Å². The maximum absolute atomic E-state index is 13.0. The number of carbonyl (C=O) groups is 1. The maximum atomic E-state index is 13.0. The first kappa shape index (κ1) is 19.5. The van der Waals surface area contributed by atoms with E-state index < -0.39 is 6.17 Å². The van der Waals surface area contributed by atoms with Gasteiger partial charge in [0, 0.05) is 27.6 Å². The van der Waals surface area contributed by atoms with Gasteiger partial charge in [0.15, 0.2) is 17.7 Å². The largest absolute Gasteiger partial charge is 0.424 e. The highest BCUT2D eigenvalue weighted by Gasteiger charge is 2.27. The summed E-state index contributed by atoms with van der Waals surface area (Å²) in [5.74, 6) is 0.577. The van der Waals surface area contributed by atoms with Crippen LogP contribution in [0.2, 0.25) is 0 Å². The van der Waals surface area contributed by atoms with Crippen LogP contribution in [0.5, 0.6) is 0 Å². The van der Waals surface area contributed by atoms with Crippen LogP contribution in [0.15, 0.2) is 98.9 Å². The Bertz CT molecular complexity index is 1260. The van der Waals surface area contributed by atoms with Gasteiger partial charge in [-0.25, -0.2) is 4.98 Å². The van der Waals surface area contributed by atoms with E-state index in [1.807, 2.05) is 78.9 Å². The molecule has 6 heteroatoms.